The maximum absolute atomic E-state index is 12.4. The maximum Gasteiger partial charge on any atom is 0.335 e. The lowest BCUT2D eigenvalue weighted by Crippen LogP contribution is -2.69. The zero-order valence-corrected chi connectivity index (χ0v) is 26.4. The van der Waals surface area contributed by atoms with Gasteiger partial charge in [0.2, 0.25) is 6.29 Å². The van der Waals surface area contributed by atoms with E-state index in [1.165, 1.54) is 25.0 Å². The molecule has 0 bridgehead atoms. The van der Waals surface area contributed by atoms with Crippen molar-refractivity contribution in [1.82, 2.24) is 0 Å². The Hall–Kier alpha value is -3.52. The number of phenols is 2. The van der Waals surface area contributed by atoms with E-state index in [-0.39, 0.29) is 58.1 Å². The number of aliphatic hydroxyl groups is 3. The number of aromatic hydroxyl groups is 2. The Morgan fingerprint density at radius 2 is 1.89 bits per heavy atom. The van der Waals surface area contributed by atoms with Gasteiger partial charge in [-0.2, -0.15) is 0 Å². The first-order chi connectivity index (χ1) is 22.4. The first kappa shape index (κ1) is 32.0. The molecule has 2 aromatic rings. The van der Waals surface area contributed by atoms with Gasteiger partial charge in [-0.1, -0.05) is 13.0 Å². The van der Waals surface area contributed by atoms with Gasteiger partial charge in [0.15, 0.2) is 5.78 Å². The lowest BCUT2D eigenvalue weighted by Gasteiger charge is -2.53. The number of phenolic OH excluding ortho intramolecular Hbond substituents is 2. The van der Waals surface area contributed by atoms with Crippen LogP contribution in [0, 0.1) is 30.6 Å². The molecule has 0 radical (unpaired) electrons. The first-order valence-corrected chi connectivity index (χ1v) is 16.1. The first-order valence-electron chi connectivity index (χ1n) is 16.1. The molecule has 3 aliphatic heterocycles. The summed E-state index contributed by atoms with van der Waals surface area (Å²) in [5.74, 6) is -2.37. The molecule has 252 valence electrons. The normalized spacial score (nSPS) is 34.9. The molecule has 47 heavy (non-hydrogen) atoms. The zero-order chi connectivity index (χ0) is 33.5. The number of carboxylic acid groups (broad SMARTS) is 1. The molecule has 12 nitrogen and oxygen atoms in total. The van der Waals surface area contributed by atoms with Gasteiger partial charge in [-0.25, -0.2) is 4.79 Å². The molecule has 1 saturated carbocycles. The van der Waals surface area contributed by atoms with Crippen LogP contribution in [0.15, 0.2) is 34.9 Å². The fraction of sp³-hybridized carbons (Fsp3) is 0.543. The van der Waals surface area contributed by atoms with Gasteiger partial charge in [0.1, 0.15) is 41.2 Å². The molecule has 0 aromatic heterocycles. The molecular formula is C35H40O12. The standard InChI is InChI=1S/C35H40O12/c1-14-19-6-7-44-13-23(19)20-5-4-17-12-45-35(10-22(14)27(17)20)25(11-36)47-34(31(40)32(35)41)46-24-9-18(33(42)43)8-21-28(24)30(39)26(16(3)37)15(2)29(21)38/h5,8-9,14,19,22-23,25,31-32,34,36,38-41H,4,6-7,10-13H2,1-3H3,(H,42,43). The average molecular weight is 653 g/mol. The molecule has 7 rings (SSSR count). The molecule has 0 amide bonds. The minimum atomic E-state index is -1.74. The van der Waals surface area contributed by atoms with Crippen LogP contribution in [0.2, 0.25) is 0 Å². The number of fused-ring (bicyclic) bond motifs is 3. The monoisotopic (exact) mass is 652 g/mol. The summed E-state index contributed by atoms with van der Waals surface area (Å²) in [6, 6.07) is 2.21. The van der Waals surface area contributed by atoms with E-state index in [0.29, 0.717) is 31.5 Å². The molecule has 2 aliphatic carbocycles. The van der Waals surface area contributed by atoms with Crippen molar-refractivity contribution in [3.63, 3.8) is 0 Å². The van der Waals surface area contributed by atoms with E-state index in [4.69, 9.17) is 18.9 Å². The molecule has 5 aliphatic rings. The molecule has 12 heteroatoms. The third-order valence-electron chi connectivity index (χ3n) is 11.3. The highest BCUT2D eigenvalue weighted by Gasteiger charge is 2.61. The van der Waals surface area contributed by atoms with E-state index >= 15 is 0 Å². The lowest BCUT2D eigenvalue weighted by molar-refractivity contribution is -0.325. The van der Waals surface area contributed by atoms with Gasteiger partial charge in [-0.05, 0) is 79.7 Å². The van der Waals surface area contributed by atoms with Crippen LogP contribution in [-0.2, 0) is 14.2 Å². The van der Waals surface area contributed by atoms with Crippen molar-refractivity contribution in [1.29, 1.82) is 0 Å². The number of allylic oxidation sites excluding steroid dienone is 2. The molecular weight excluding hydrogens is 612 g/mol. The van der Waals surface area contributed by atoms with Crippen LogP contribution >= 0.6 is 0 Å². The Morgan fingerprint density at radius 1 is 1.13 bits per heavy atom. The number of carbonyl (C=O) groups excluding carboxylic acids is 1. The van der Waals surface area contributed by atoms with Gasteiger partial charge in [0, 0.05) is 23.5 Å². The third kappa shape index (κ3) is 4.72. The molecule has 3 fully saturated rings. The second-order valence-corrected chi connectivity index (χ2v) is 13.6. The predicted molar refractivity (Wildman–Crippen MR) is 165 cm³/mol. The SMILES string of the molecule is CC(=O)c1c(C)c(O)c2cc(C(=O)O)cc(OC3OC(CO)C4(CC5C6=C(CC=C6C6COCCC6C5C)CO4)C(O)C3O)c2c1O. The summed E-state index contributed by atoms with van der Waals surface area (Å²) in [6.07, 6.45) is -2.00. The van der Waals surface area contributed by atoms with E-state index < -0.39 is 60.1 Å². The van der Waals surface area contributed by atoms with Gasteiger partial charge < -0.3 is 49.6 Å². The highest BCUT2D eigenvalue weighted by atomic mass is 16.7. The largest absolute Gasteiger partial charge is 0.507 e. The van der Waals surface area contributed by atoms with Crippen molar-refractivity contribution in [2.45, 2.75) is 70.2 Å². The molecule has 9 unspecified atom stereocenters. The lowest BCUT2D eigenvalue weighted by atomic mass is 9.58. The highest BCUT2D eigenvalue weighted by Crippen LogP contribution is 2.57. The van der Waals surface area contributed by atoms with Crippen molar-refractivity contribution >= 4 is 22.5 Å². The van der Waals surface area contributed by atoms with E-state index in [2.05, 4.69) is 13.0 Å². The van der Waals surface area contributed by atoms with Crippen molar-refractivity contribution in [2.75, 3.05) is 26.4 Å². The van der Waals surface area contributed by atoms with Gasteiger partial charge in [0.05, 0.1) is 36.3 Å². The van der Waals surface area contributed by atoms with Crippen LogP contribution < -0.4 is 4.74 Å². The number of carboxylic acids is 1. The number of ether oxygens (including phenoxy) is 4. The van der Waals surface area contributed by atoms with Crippen LogP contribution in [0.1, 0.15) is 59.4 Å². The highest BCUT2D eigenvalue weighted by molar-refractivity contribution is 6.11. The molecule has 9 atom stereocenters. The number of Topliss-reactive ketones (excluding diaryl/α,β-unsaturated/α-hetero) is 1. The smallest absolute Gasteiger partial charge is 0.335 e. The quantitative estimate of drug-likeness (QED) is 0.205. The Balaban J connectivity index is 1.26. The Kier molecular flexibility index (Phi) is 7.89. The number of rotatable bonds is 5. The van der Waals surface area contributed by atoms with Crippen molar-refractivity contribution in [3.8, 4) is 17.2 Å². The molecule has 3 heterocycles. The average Bonchev–Trinajstić information content (AvgIpc) is 3.40. The summed E-state index contributed by atoms with van der Waals surface area (Å²) < 4.78 is 24.5. The van der Waals surface area contributed by atoms with Crippen LogP contribution in [0.3, 0.4) is 0 Å². The van der Waals surface area contributed by atoms with Crippen molar-refractivity contribution < 1.29 is 59.2 Å². The number of hydrogen-bond acceptors (Lipinski definition) is 11. The van der Waals surface area contributed by atoms with Crippen LogP contribution in [0.25, 0.3) is 10.8 Å². The van der Waals surface area contributed by atoms with Crippen molar-refractivity contribution in [3.05, 3.63) is 51.6 Å². The van der Waals surface area contributed by atoms with E-state index in [1.54, 1.807) is 0 Å². The Bertz CT molecular complexity index is 1720. The van der Waals surface area contributed by atoms with Crippen LogP contribution in [0.5, 0.6) is 17.2 Å². The van der Waals surface area contributed by atoms with Crippen molar-refractivity contribution in [2.24, 2.45) is 23.7 Å². The fourth-order valence-electron chi connectivity index (χ4n) is 8.95. The molecule has 1 spiro atoms. The molecule has 2 aromatic carbocycles. The second-order valence-electron chi connectivity index (χ2n) is 13.6. The van der Waals surface area contributed by atoms with E-state index in [1.807, 2.05) is 0 Å². The summed E-state index contributed by atoms with van der Waals surface area (Å²) >= 11 is 0. The number of aromatic carboxylic acids is 1. The summed E-state index contributed by atoms with van der Waals surface area (Å²) in [6.45, 7) is 5.77. The van der Waals surface area contributed by atoms with Crippen LogP contribution in [-0.4, -0.2) is 99.0 Å². The summed E-state index contributed by atoms with van der Waals surface area (Å²) in [7, 11) is 0. The number of hydrogen-bond donors (Lipinski definition) is 6. The topological polar surface area (TPSA) is 192 Å². The van der Waals surface area contributed by atoms with Gasteiger partial charge >= 0.3 is 5.97 Å². The fourth-order valence-corrected chi connectivity index (χ4v) is 8.95. The minimum Gasteiger partial charge on any atom is -0.507 e. The zero-order valence-electron chi connectivity index (χ0n) is 26.4. The molecule has 6 N–H and O–H groups in total. The van der Waals surface area contributed by atoms with E-state index in [0.717, 1.165) is 24.1 Å². The van der Waals surface area contributed by atoms with Crippen LogP contribution in [0.4, 0.5) is 0 Å². The second kappa shape index (κ2) is 11.6. The van der Waals surface area contributed by atoms with Gasteiger partial charge in [-0.15, -0.1) is 0 Å². The number of aliphatic hydroxyl groups excluding tert-OH is 3. The summed E-state index contributed by atoms with van der Waals surface area (Å²) in [4.78, 5) is 24.5. The Morgan fingerprint density at radius 3 is 2.60 bits per heavy atom. The third-order valence-corrected chi connectivity index (χ3v) is 11.3. The van der Waals surface area contributed by atoms with Gasteiger partial charge in [-0.3, -0.25) is 4.79 Å². The minimum absolute atomic E-state index is 0.0260. The molecule has 2 saturated heterocycles. The van der Waals surface area contributed by atoms with E-state index in [9.17, 15) is 40.2 Å². The number of benzene rings is 2. The summed E-state index contributed by atoms with van der Waals surface area (Å²) in [5, 5.41) is 65.8. The number of carbonyl (C=O) groups is 2. The summed E-state index contributed by atoms with van der Waals surface area (Å²) in [5.41, 5.74) is 1.65. The van der Waals surface area contributed by atoms with Gasteiger partial charge in [0.25, 0.3) is 0 Å². The number of ketones is 1. The maximum atomic E-state index is 12.4. The Labute approximate surface area is 270 Å². The predicted octanol–water partition coefficient (Wildman–Crippen LogP) is 2.98.